The first-order valence-corrected chi connectivity index (χ1v) is 9.00. The van der Waals surface area contributed by atoms with E-state index in [0.717, 1.165) is 10.0 Å². The van der Waals surface area contributed by atoms with Crippen LogP contribution < -0.4 is 4.74 Å². The van der Waals surface area contributed by atoms with Crippen molar-refractivity contribution in [3.8, 4) is 5.75 Å². The van der Waals surface area contributed by atoms with Crippen molar-refractivity contribution in [1.29, 1.82) is 0 Å². The van der Waals surface area contributed by atoms with Gasteiger partial charge in [0.25, 0.3) is 5.91 Å². The lowest BCUT2D eigenvalue weighted by Gasteiger charge is -2.17. The Labute approximate surface area is 161 Å². The number of carbonyl (C=O) groups excluding carboxylic acids is 1. The van der Waals surface area contributed by atoms with Crippen molar-refractivity contribution in [1.82, 2.24) is 14.7 Å². The molecule has 0 aliphatic rings. The average Bonchev–Trinajstić information content (AvgIpc) is 3.09. The Bertz CT molecular complexity index is 893. The SMILES string of the molecule is COc1ccc(Br)c(C(=O)N(C)Cc2cnn(Cc3ccccc3)c2)c1. The second-order valence-electron chi connectivity index (χ2n) is 6.04. The standard InChI is InChI=1S/C20H20BrN3O2/c1-23(20(25)18-10-17(26-2)8-9-19(18)21)12-16-11-22-24(14-16)13-15-6-4-3-5-7-15/h3-11,14H,12-13H2,1-2H3. The number of ether oxygens (including phenoxy) is 1. The smallest absolute Gasteiger partial charge is 0.255 e. The molecule has 0 unspecified atom stereocenters. The second kappa shape index (κ2) is 8.19. The highest BCUT2D eigenvalue weighted by molar-refractivity contribution is 9.10. The fraction of sp³-hybridized carbons (Fsp3) is 0.200. The summed E-state index contributed by atoms with van der Waals surface area (Å²) in [7, 11) is 3.37. The number of hydrogen-bond acceptors (Lipinski definition) is 3. The maximum Gasteiger partial charge on any atom is 0.255 e. The van der Waals surface area contributed by atoms with Crippen LogP contribution in [0.25, 0.3) is 0 Å². The highest BCUT2D eigenvalue weighted by atomic mass is 79.9. The summed E-state index contributed by atoms with van der Waals surface area (Å²) in [6.45, 7) is 1.19. The minimum absolute atomic E-state index is 0.0772. The van der Waals surface area contributed by atoms with Crippen LogP contribution in [0.2, 0.25) is 0 Å². The Kier molecular flexibility index (Phi) is 5.73. The normalized spacial score (nSPS) is 10.6. The Hall–Kier alpha value is -2.60. The molecule has 0 atom stereocenters. The number of methoxy groups -OCH3 is 1. The molecule has 6 heteroatoms. The van der Waals surface area contributed by atoms with Crippen molar-refractivity contribution in [2.75, 3.05) is 14.2 Å². The number of nitrogens with zero attached hydrogens (tertiary/aromatic N) is 3. The quantitative estimate of drug-likeness (QED) is 0.613. The van der Waals surface area contributed by atoms with E-state index in [1.165, 1.54) is 5.56 Å². The number of amides is 1. The molecule has 2 aromatic carbocycles. The molecule has 3 aromatic rings. The predicted octanol–water partition coefficient (Wildman–Crippen LogP) is 3.97. The van der Waals surface area contributed by atoms with Crippen LogP contribution in [0.4, 0.5) is 0 Å². The molecule has 0 bridgehead atoms. The van der Waals surface area contributed by atoms with E-state index in [0.29, 0.717) is 24.4 Å². The first kappa shape index (κ1) is 18.2. The summed E-state index contributed by atoms with van der Waals surface area (Å²) in [6.07, 6.45) is 3.77. The summed E-state index contributed by atoms with van der Waals surface area (Å²) in [5.74, 6) is 0.576. The zero-order valence-corrected chi connectivity index (χ0v) is 16.3. The maximum atomic E-state index is 12.7. The summed E-state index contributed by atoms with van der Waals surface area (Å²) in [5, 5.41) is 4.39. The van der Waals surface area contributed by atoms with Crippen molar-refractivity contribution < 1.29 is 9.53 Å². The fourth-order valence-corrected chi connectivity index (χ4v) is 3.11. The molecule has 0 aliphatic carbocycles. The van der Waals surface area contributed by atoms with E-state index in [1.807, 2.05) is 41.2 Å². The zero-order chi connectivity index (χ0) is 18.5. The Balaban J connectivity index is 1.68. The van der Waals surface area contributed by atoms with Gasteiger partial charge in [0.1, 0.15) is 5.75 Å². The van der Waals surface area contributed by atoms with E-state index in [4.69, 9.17) is 4.74 Å². The van der Waals surface area contributed by atoms with Crippen LogP contribution in [0, 0.1) is 0 Å². The van der Waals surface area contributed by atoms with Crippen LogP contribution in [0.1, 0.15) is 21.5 Å². The third-order valence-electron chi connectivity index (χ3n) is 4.04. The van der Waals surface area contributed by atoms with E-state index in [2.05, 4.69) is 33.2 Å². The number of rotatable bonds is 6. The molecule has 1 amide bonds. The molecule has 0 aliphatic heterocycles. The van der Waals surface area contributed by atoms with Crippen LogP contribution in [0.3, 0.4) is 0 Å². The van der Waals surface area contributed by atoms with Gasteiger partial charge < -0.3 is 9.64 Å². The van der Waals surface area contributed by atoms with Gasteiger partial charge in [0, 0.05) is 29.8 Å². The lowest BCUT2D eigenvalue weighted by molar-refractivity contribution is 0.0784. The molecule has 0 N–H and O–H groups in total. The minimum atomic E-state index is -0.0772. The molecule has 5 nitrogen and oxygen atoms in total. The topological polar surface area (TPSA) is 47.4 Å². The van der Waals surface area contributed by atoms with E-state index < -0.39 is 0 Å². The van der Waals surface area contributed by atoms with Gasteiger partial charge in [-0.1, -0.05) is 30.3 Å². The van der Waals surface area contributed by atoms with Gasteiger partial charge in [-0.2, -0.15) is 5.10 Å². The van der Waals surface area contributed by atoms with Crippen molar-refractivity contribution in [2.24, 2.45) is 0 Å². The van der Waals surface area contributed by atoms with E-state index in [1.54, 1.807) is 31.3 Å². The van der Waals surface area contributed by atoms with E-state index in [-0.39, 0.29) is 5.91 Å². The summed E-state index contributed by atoms with van der Waals surface area (Å²) in [4.78, 5) is 14.4. The van der Waals surface area contributed by atoms with Crippen LogP contribution in [0.15, 0.2) is 65.4 Å². The monoisotopic (exact) mass is 413 g/mol. The van der Waals surface area contributed by atoms with Gasteiger partial charge >= 0.3 is 0 Å². The summed E-state index contributed by atoms with van der Waals surface area (Å²) in [6, 6.07) is 15.5. The van der Waals surface area contributed by atoms with Crippen LogP contribution >= 0.6 is 15.9 Å². The maximum absolute atomic E-state index is 12.7. The van der Waals surface area contributed by atoms with Gasteiger partial charge in [0.15, 0.2) is 0 Å². The molecule has 3 rings (SSSR count). The third-order valence-corrected chi connectivity index (χ3v) is 4.74. The summed E-state index contributed by atoms with van der Waals surface area (Å²) in [5.41, 5.74) is 2.74. The molecule has 0 fully saturated rings. The van der Waals surface area contributed by atoms with Gasteiger partial charge in [-0.05, 0) is 39.7 Å². The second-order valence-corrected chi connectivity index (χ2v) is 6.89. The van der Waals surface area contributed by atoms with Crippen molar-refractivity contribution >= 4 is 21.8 Å². The molecular formula is C20H20BrN3O2. The number of carbonyl (C=O) groups is 1. The fourth-order valence-electron chi connectivity index (χ4n) is 2.69. The average molecular weight is 414 g/mol. The van der Waals surface area contributed by atoms with E-state index >= 15 is 0 Å². The molecule has 134 valence electrons. The molecule has 0 radical (unpaired) electrons. The molecular weight excluding hydrogens is 394 g/mol. The highest BCUT2D eigenvalue weighted by Crippen LogP contribution is 2.24. The molecule has 0 spiro atoms. The molecule has 0 saturated heterocycles. The first-order valence-electron chi connectivity index (χ1n) is 8.21. The number of aromatic nitrogens is 2. The zero-order valence-electron chi connectivity index (χ0n) is 14.7. The molecule has 26 heavy (non-hydrogen) atoms. The highest BCUT2D eigenvalue weighted by Gasteiger charge is 2.17. The Morgan fingerprint density at radius 2 is 1.96 bits per heavy atom. The van der Waals surface area contributed by atoms with Crippen molar-refractivity contribution in [3.05, 3.63) is 82.1 Å². The number of halogens is 1. The number of benzene rings is 2. The van der Waals surface area contributed by atoms with Gasteiger partial charge in [-0.3, -0.25) is 9.48 Å². The first-order chi connectivity index (χ1) is 12.6. The lowest BCUT2D eigenvalue weighted by atomic mass is 10.2. The van der Waals surface area contributed by atoms with Crippen molar-refractivity contribution in [2.45, 2.75) is 13.1 Å². The number of hydrogen-bond donors (Lipinski definition) is 0. The minimum Gasteiger partial charge on any atom is -0.497 e. The van der Waals surface area contributed by atoms with Gasteiger partial charge in [0.2, 0.25) is 0 Å². The van der Waals surface area contributed by atoms with Gasteiger partial charge in [0.05, 0.1) is 25.4 Å². The van der Waals surface area contributed by atoms with E-state index in [9.17, 15) is 4.79 Å². The van der Waals surface area contributed by atoms with Crippen LogP contribution in [-0.4, -0.2) is 34.7 Å². The van der Waals surface area contributed by atoms with Crippen LogP contribution in [-0.2, 0) is 13.1 Å². The molecule has 0 saturated carbocycles. The third kappa shape index (κ3) is 4.32. The lowest BCUT2D eigenvalue weighted by Crippen LogP contribution is -2.26. The largest absolute Gasteiger partial charge is 0.497 e. The molecule has 1 heterocycles. The summed E-state index contributed by atoms with van der Waals surface area (Å²) >= 11 is 3.44. The molecule has 1 aromatic heterocycles. The van der Waals surface area contributed by atoms with Crippen molar-refractivity contribution in [3.63, 3.8) is 0 Å². The van der Waals surface area contributed by atoms with Crippen LogP contribution in [0.5, 0.6) is 5.75 Å². The van der Waals surface area contributed by atoms with Gasteiger partial charge in [-0.25, -0.2) is 0 Å². The van der Waals surface area contributed by atoms with Gasteiger partial charge in [-0.15, -0.1) is 0 Å². The predicted molar refractivity (Wildman–Crippen MR) is 104 cm³/mol. The Morgan fingerprint density at radius 3 is 2.69 bits per heavy atom. The summed E-state index contributed by atoms with van der Waals surface area (Å²) < 4.78 is 7.84. The Morgan fingerprint density at radius 1 is 1.19 bits per heavy atom.